The van der Waals surface area contributed by atoms with Crippen molar-refractivity contribution in [3.05, 3.63) is 54.2 Å². The number of carbonyl (C=O) groups is 1. The van der Waals surface area contributed by atoms with Gasteiger partial charge < -0.3 is 20.2 Å². The summed E-state index contributed by atoms with van der Waals surface area (Å²) in [6, 6.07) is 4.99. The third-order valence-electron chi connectivity index (χ3n) is 6.94. The van der Waals surface area contributed by atoms with Crippen molar-refractivity contribution < 1.29 is 27.5 Å². The van der Waals surface area contributed by atoms with E-state index in [1.807, 2.05) is 0 Å². The lowest BCUT2D eigenvalue weighted by Crippen LogP contribution is -2.35. The number of aromatic nitrogens is 3. The number of carboxylic acids is 1. The number of carboxylic acid groups (broad SMARTS) is 1. The van der Waals surface area contributed by atoms with Crippen LogP contribution in [0, 0.1) is 35.2 Å². The second kappa shape index (κ2) is 9.09. The van der Waals surface area contributed by atoms with E-state index in [4.69, 9.17) is 15.3 Å². The highest BCUT2D eigenvalue weighted by atomic mass is 19.1. The molecule has 7 nitrogen and oxygen atoms in total. The molecule has 0 saturated heterocycles. The fourth-order valence-electron chi connectivity index (χ4n) is 5.18. The van der Waals surface area contributed by atoms with Gasteiger partial charge in [-0.1, -0.05) is 12.8 Å². The Kier molecular flexibility index (Phi) is 5.96. The van der Waals surface area contributed by atoms with Crippen LogP contribution in [0.1, 0.15) is 32.1 Å². The SMILES string of the molecule is Nc1nc(-c2c[nH]c3c(F)cc(F)cc23)nc(-c2ccco2)c1F.O=C(O)C1CC2CCC1CC2. The van der Waals surface area contributed by atoms with E-state index in [-0.39, 0.29) is 34.1 Å². The molecule has 1 aromatic carbocycles. The lowest BCUT2D eigenvalue weighted by molar-refractivity contribution is -0.147. The van der Waals surface area contributed by atoms with Crippen LogP contribution >= 0.6 is 0 Å². The van der Waals surface area contributed by atoms with E-state index in [0.29, 0.717) is 11.5 Å². The van der Waals surface area contributed by atoms with Crippen molar-refractivity contribution in [1.29, 1.82) is 0 Å². The van der Waals surface area contributed by atoms with Crippen molar-refractivity contribution in [2.75, 3.05) is 5.73 Å². The van der Waals surface area contributed by atoms with E-state index in [0.717, 1.165) is 24.5 Å². The first-order chi connectivity index (χ1) is 16.8. The predicted octanol–water partition coefficient (Wildman–Crippen LogP) is 5.78. The topological polar surface area (TPSA) is 118 Å². The van der Waals surface area contributed by atoms with Crippen LogP contribution in [0.2, 0.25) is 0 Å². The third kappa shape index (κ3) is 4.36. The molecule has 2 bridgehead atoms. The van der Waals surface area contributed by atoms with Gasteiger partial charge in [-0.2, -0.15) is 0 Å². The number of furan rings is 1. The molecule has 4 N–H and O–H groups in total. The second-order valence-electron chi connectivity index (χ2n) is 9.05. The smallest absolute Gasteiger partial charge is 0.306 e. The summed E-state index contributed by atoms with van der Waals surface area (Å²) in [5.41, 5.74) is 5.87. The molecule has 3 saturated carbocycles. The van der Waals surface area contributed by atoms with Crippen LogP contribution in [0.5, 0.6) is 0 Å². The number of rotatable bonds is 3. The van der Waals surface area contributed by atoms with E-state index < -0.39 is 29.2 Å². The first-order valence-corrected chi connectivity index (χ1v) is 11.4. The van der Waals surface area contributed by atoms with Crippen molar-refractivity contribution in [1.82, 2.24) is 15.0 Å². The monoisotopic (exact) mass is 484 g/mol. The first-order valence-electron chi connectivity index (χ1n) is 11.4. The Bertz CT molecular complexity index is 1380. The molecular formula is C25H23F3N4O3. The summed E-state index contributed by atoms with van der Waals surface area (Å²) >= 11 is 0. The highest BCUT2D eigenvalue weighted by Crippen LogP contribution is 2.44. The molecule has 182 valence electrons. The molecule has 1 atom stereocenters. The van der Waals surface area contributed by atoms with Gasteiger partial charge in [-0.3, -0.25) is 4.79 Å². The molecule has 0 amide bonds. The molecule has 3 fully saturated rings. The molecule has 0 aliphatic heterocycles. The van der Waals surface area contributed by atoms with Crippen LogP contribution < -0.4 is 5.73 Å². The van der Waals surface area contributed by atoms with Crippen molar-refractivity contribution in [2.45, 2.75) is 32.1 Å². The van der Waals surface area contributed by atoms with Crippen molar-refractivity contribution >= 4 is 22.7 Å². The van der Waals surface area contributed by atoms with E-state index in [9.17, 15) is 18.0 Å². The Morgan fingerprint density at radius 2 is 1.91 bits per heavy atom. The molecule has 3 aliphatic rings. The predicted molar refractivity (Wildman–Crippen MR) is 123 cm³/mol. The Balaban J connectivity index is 0.000000192. The summed E-state index contributed by atoms with van der Waals surface area (Å²) in [5.74, 6) is -1.83. The standard InChI is InChI=1S/C16H9F3N4O.C9H14O2/c17-7-4-8-9(6-21-13(8)10(18)5-7)16-22-14(11-2-1-3-24-11)12(19)15(20)23-16;10-9(11)8-5-6-1-3-7(8)4-2-6/h1-6,21H,(H2,20,22,23);6-8H,1-5H2,(H,10,11). The third-order valence-corrected chi connectivity index (χ3v) is 6.94. The molecule has 3 heterocycles. The Hall–Kier alpha value is -3.82. The molecule has 35 heavy (non-hydrogen) atoms. The van der Waals surface area contributed by atoms with E-state index in [1.54, 1.807) is 6.07 Å². The summed E-state index contributed by atoms with van der Waals surface area (Å²) in [7, 11) is 0. The van der Waals surface area contributed by atoms with Crippen LogP contribution in [0.4, 0.5) is 19.0 Å². The van der Waals surface area contributed by atoms with Crippen LogP contribution in [0.3, 0.4) is 0 Å². The lowest BCUT2D eigenvalue weighted by atomic mass is 9.65. The highest BCUT2D eigenvalue weighted by molar-refractivity contribution is 5.94. The Morgan fingerprint density at radius 3 is 2.51 bits per heavy atom. The lowest BCUT2D eigenvalue weighted by Gasteiger charge is -2.40. The minimum Gasteiger partial charge on any atom is -0.481 e. The number of nitrogens with zero attached hydrogens (tertiary/aromatic N) is 2. The number of H-pyrrole nitrogens is 1. The maximum absolute atomic E-state index is 14.2. The van der Waals surface area contributed by atoms with Crippen LogP contribution in [-0.4, -0.2) is 26.0 Å². The Labute approximate surface area is 198 Å². The Morgan fingerprint density at radius 1 is 1.14 bits per heavy atom. The van der Waals surface area contributed by atoms with Gasteiger partial charge in [0.15, 0.2) is 23.2 Å². The van der Waals surface area contributed by atoms with Gasteiger partial charge >= 0.3 is 5.97 Å². The summed E-state index contributed by atoms with van der Waals surface area (Å²) in [6.07, 6.45) is 8.64. The molecular weight excluding hydrogens is 461 g/mol. The zero-order valence-electron chi connectivity index (χ0n) is 18.6. The van der Waals surface area contributed by atoms with Gasteiger partial charge in [-0.15, -0.1) is 0 Å². The molecule has 3 aromatic heterocycles. The van der Waals surface area contributed by atoms with Gasteiger partial charge in [0, 0.05) is 23.2 Å². The highest BCUT2D eigenvalue weighted by Gasteiger charge is 2.39. The maximum atomic E-state index is 14.2. The molecule has 4 aromatic rings. The molecule has 10 heteroatoms. The minimum atomic E-state index is -0.828. The number of hydrogen-bond acceptors (Lipinski definition) is 5. The summed E-state index contributed by atoms with van der Waals surface area (Å²) in [4.78, 5) is 21.4. The van der Waals surface area contributed by atoms with Gasteiger partial charge in [0.05, 0.1) is 17.7 Å². The molecule has 1 unspecified atom stereocenters. The van der Waals surface area contributed by atoms with Crippen molar-refractivity contribution in [2.24, 2.45) is 17.8 Å². The number of hydrogen-bond donors (Lipinski definition) is 3. The van der Waals surface area contributed by atoms with Gasteiger partial charge in [-0.25, -0.2) is 23.1 Å². The number of aliphatic carboxylic acids is 1. The molecule has 3 aliphatic carbocycles. The van der Waals surface area contributed by atoms with E-state index in [2.05, 4.69) is 15.0 Å². The average Bonchev–Trinajstić information content (AvgIpc) is 3.52. The quantitative estimate of drug-likeness (QED) is 0.339. The first kappa shape index (κ1) is 22.9. The molecule has 7 rings (SSSR count). The molecule has 0 spiro atoms. The molecule has 0 radical (unpaired) electrons. The summed E-state index contributed by atoms with van der Waals surface area (Å²) in [5, 5.41) is 9.09. The van der Waals surface area contributed by atoms with E-state index >= 15 is 0 Å². The van der Waals surface area contributed by atoms with Gasteiger partial charge in [0.2, 0.25) is 0 Å². The van der Waals surface area contributed by atoms with Crippen molar-refractivity contribution in [3.63, 3.8) is 0 Å². The largest absolute Gasteiger partial charge is 0.481 e. The van der Waals surface area contributed by atoms with Crippen LogP contribution in [0.25, 0.3) is 33.7 Å². The maximum Gasteiger partial charge on any atom is 0.306 e. The van der Waals surface area contributed by atoms with Crippen molar-refractivity contribution in [3.8, 4) is 22.8 Å². The number of benzene rings is 1. The number of anilines is 1. The zero-order chi connectivity index (χ0) is 24.7. The minimum absolute atomic E-state index is 0.00231. The number of nitrogens with two attached hydrogens (primary N) is 1. The summed E-state index contributed by atoms with van der Waals surface area (Å²) < 4.78 is 46.7. The number of halogens is 3. The second-order valence-corrected chi connectivity index (χ2v) is 9.05. The van der Waals surface area contributed by atoms with E-state index in [1.165, 1.54) is 44.2 Å². The zero-order valence-corrected chi connectivity index (χ0v) is 18.6. The fraction of sp³-hybridized carbons (Fsp3) is 0.320. The van der Waals surface area contributed by atoms with Gasteiger partial charge in [-0.05, 0) is 49.3 Å². The van der Waals surface area contributed by atoms with Crippen LogP contribution in [0.15, 0.2) is 41.1 Å². The van der Waals surface area contributed by atoms with Gasteiger partial charge in [0.1, 0.15) is 17.3 Å². The number of nitrogen functional groups attached to an aromatic ring is 1. The number of aromatic amines is 1. The number of nitrogens with one attached hydrogen (secondary N) is 1. The average molecular weight is 484 g/mol. The van der Waals surface area contributed by atoms with Crippen LogP contribution in [-0.2, 0) is 4.79 Å². The number of fused-ring (bicyclic) bond motifs is 4. The normalized spacial score (nSPS) is 21.1. The fourth-order valence-corrected chi connectivity index (χ4v) is 5.18. The summed E-state index contributed by atoms with van der Waals surface area (Å²) in [6.45, 7) is 0. The van der Waals surface area contributed by atoms with Gasteiger partial charge in [0.25, 0.3) is 0 Å².